The molecule has 3 amide bonds. The summed E-state index contributed by atoms with van der Waals surface area (Å²) in [5.41, 5.74) is 4.16. The number of hydrogen-bond donors (Lipinski definition) is 4. The third kappa shape index (κ3) is 4.43. The van der Waals surface area contributed by atoms with Gasteiger partial charge in [-0.3, -0.25) is 4.79 Å². The number of ether oxygens (including phenoxy) is 1. The molecule has 2 aromatic rings. The van der Waals surface area contributed by atoms with E-state index in [-0.39, 0.29) is 17.4 Å². The van der Waals surface area contributed by atoms with E-state index < -0.39 is 12.1 Å². The molecule has 4 N–H and O–H groups in total. The van der Waals surface area contributed by atoms with E-state index in [0.29, 0.717) is 33.6 Å². The number of aryl methyl sites for hydroxylation is 2. The number of amides is 3. The van der Waals surface area contributed by atoms with Gasteiger partial charge in [0.15, 0.2) is 11.5 Å². The number of phenols is 1. The summed E-state index contributed by atoms with van der Waals surface area (Å²) in [6.45, 7) is 7.76. The van der Waals surface area contributed by atoms with Gasteiger partial charge >= 0.3 is 6.03 Å². The van der Waals surface area contributed by atoms with Gasteiger partial charge in [-0.15, -0.1) is 0 Å². The van der Waals surface area contributed by atoms with Crippen LogP contribution in [-0.4, -0.2) is 23.7 Å². The van der Waals surface area contributed by atoms with E-state index in [2.05, 4.69) is 31.9 Å². The van der Waals surface area contributed by atoms with Crippen molar-refractivity contribution in [3.63, 3.8) is 0 Å². The molecule has 1 unspecified atom stereocenters. The Hall–Kier alpha value is -3.00. The molecule has 1 aliphatic heterocycles. The molecule has 0 radical (unpaired) electrons. The van der Waals surface area contributed by atoms with E-state index in [1.807, 2.05) is 32.0 Å². The number of urea groups is 1. The summed E-state index contributed by atoms with van der Waals surface area (Å²) in [5.74, 6) is -0.108. The van der Waals surface area contributed by atoms with Crippen molar-refractivity contribution in [3.8, 4) is 11.5 Å². The molecule has 158 valence electrons. The zero-order chi connectivity index (χ0) is 22.0. The van der Waals surface area contributed by atoms with Crippen molar-refractivity contribution >= 4 is 33.6 Å². The van der Waals surface area contributed by atoms with Gasteiger partial charge in [0, 0.05) is 11.4 Å². The van der Waals surface area contributed by atoms with E-state index in [1.165, 1.54) is 0 Å². The van der Waals surface area contributed by atoms with Crippen LogP contribution in [0.2, 0.25) is 0 Å². The fourth-order valence-electron chi connectivity index (χ4n) is 3.41. The molecule has 1 aliphatic rings. The topological polar surface area (TPSA) is 99.7 Å². The Morgan fingerprint density at radius 2 is 1.97 bits per heavy atom. The van der Waals surface area contributed by atoms with Crippen LogP contribution in [0.1, 0.15) is 36.6 Å². The Balaban J connectivity index is 2.02. The summed E-state index contributed by atoms with van der Waals surface area (Å²) in [7, 11) is 0. The van der Waals surface area contributed by atoms with Crippen molar-refractivity contribution in [1.82, 2.24) is 10.6 Å². The van der Waals surface area contributed by atoms with Crippen LogP contribution in [0.15, 0.2) is 46.1 Å². The number of phenolic OH excluding ortho intramolecular Hbond substituents is 1. The van der Waals surface area contributed by atoms with Gasteiger partial charge in [-0.1, -0.05) is 17.7 Å². The zero-order valence-electron chi connectivity index (χ0n) is 17.2. The number of aromatic hydroxyl groups is 1. The van der Waals surface area contributed by atoms with Crippen LogP contribution in [0.5, 0.6) is 11.5 Å². The van der Waals surface area contributed by atoms with Crippen molar-refractivity contribution in [1.29, 1.82) is 0 Å². The third-order valence-corrected chi connectivity index (χ3v) is 5.43. The number of allylic oxidation sites excluding steroid dienone is 1. The Morgan fingerprint density at radius 3 is 2.63 bits per heavy atom. The van der Waals surface area contributed by atoms with Crippen molar-refractivity contribution < 1.29 is 19.4 Å². The van der Waals surface area contributed by atoms with E-state index in [1.54, 1.807) is 26.0 Å². The Bertz CT molecular complexity index is 1050. The van der Waals surface area contributed by atoms with E-state index in [4.69, 9.17) is 4.74 Å². The number of benzene rings is 2. The van der Waals surface area contributed by atoms with Gasteiger partial charge < -0.3 is 25.8 Å². The smallest absolute Gasteiger partial charge is 0.319 e. The summed E-state index contributed by atoms with van der Waals surface area (Å²) in [6.07, 6.45) is 0. The summed E-state index contributed by atoms with van der Waals surface area (Å²) >= 11 is 3.32. The second-order valence-corrected chi connectivity index (χ2v) is 7.98. The monoisotopic (exact) mass is 473 g/mol. The molecule has 0 saturated carbocycles. The fraction of sp³-hybridized carbons (Fsp3) is 0.273. The molecule has 3 rings (SSSR count). The molecular formula is C22H24BrN3O4. The Morgan fingerprint density at radius 1 is 1.23 bits per heavy atom. The SMILES string of the molecule is CCOc1cc(C2NC(=O)NC(C)=C2C(=O)Nc2ccc(C)cc2C)cc(Br)c1O. The largest absolute Gasteiger partial charge is 0.503 e. The first-order valence-corrected chi connectivity index (χ1v) is 10.3. The average molecular weight is 474 g/mol. The maximum atomic E-state index is 13.2. The summed E-state index contributed by atoms with van der Waals surface area (Å²) in [4.78, 5) is 25.4. The number of carbonyl (C=O) groups is 2. The van der Waals surface area contributed by atoms with Gasteiger partial charge in [0.1, 0.15) is 0 Å². The molecule has 2 aromatic carbocycles. The lowest BCUT2D eigenvalue weighted by Gasteiger charge is -2.29. The second-order valence-electron chi connectivity index (χ2n) is 7.13. The highest BCUT2D eigenvalue weighted by Crippen LogP contribution is 2.39. The average Bonchev–Trinajstić information content (AvgIpc) is 2.67. The van der Waals surface area contributed by atoms with Gasteiger partial charge in [-0.05, 0) is 73.0 Å². The molecule has 0 aromatic heterocycles. The first-order chi connectivity index (χ1) is 14.2. The molecule has 0 saturated heterocycles. The molecular weight excluding hydrogens is 450 g/mol. The third-order valence-electron chi connectivity index (χ3n) is 4.83. The fourth-order valence-corrected chi connectivity index (χ4v) is 3.87. The van der Waals surface area contributed by atoms with Crippen molar-refractivity contribution in [2.75, 3.05) is 11.9 Å². The minimum Gasteiger partial charge on any atom is -0.503 e. The summed E-state index contributed by atoms with van der Waals surface area (Å²) < 4.78 is 5.90. The van der Waals surface area contributed by atoms with Crippen molar-refractivity contribution in [3.05, 3.63) is 62.8 Å². The lowest BCUT2D eigenvalue weighted by atomic mass is 9.94. The molecule has 30 heavy (non-hydrogen) atoms. The molecule has 7 nitrogen and oxygen atoms in total. The molecule has 0 fully saturated rings. The summed E-state index contributed by atoms with van der Waals surface area (Å²) in [6, 6.07) is 7.91. The predicted molar refractivity (Wildman–Crippen MR) is 119 cm³/mol. The maximum Gasteiger partial charge on any atom is 0.319 e. The normalized spacial score (nSPS) is 16.0. The number of carbonyl (C=O) groups excluding carboxylic acids is 2. The highest BCUT2D eigenvalue weighted by Gasteiger charge is 2.32. The van der Waals surface area contributed by atoms with Gasteiger partial charge in [0.25, 0.3) is 5.91 Å². The summed E-state index contributed by atoms with van der Waals surface area (Å²) in [5, 5.41) is 18.6. The molecule has 0 bridgehead atoms. The van der Waals surface area contributed by atoms with Crippen LogP contribution in [0, 0.1) is 13.8 Å². The molecule has 1 heterocycles. The number of anilines is 1. The first-order valence-electron chi connectivity index (χ1n) is 9.53. The lowest BCUT2D eigenvalue weighted by Crippen LogP contribution is -2.46. The first kappa shape index (κ1) is 21.7. The molecule has 0 aliphatic carbocycles. The van der Waals surface area contributed by atoms with Crippen LogP contribution in [-0.2, 0) is 4.79 Å². The van der Waals surface area contributed by atoms with Gasteiger partial charge in [0.2, 0.25) is 0 Å². The van der Waals surface area contributed by atoms with Crippen molar-refractivity contribution in [2.45, 2.75) is 33.7 Å². The molecule has 1 atom stereocenters. The number of halogens is 1. The van der Waals surface area contributed by atoms with Gasteiger partial charge in [-0.25, -0.2) is 4.79 Å². The maximum absolute atomic E-state index is 13.2. The van der Waals surface area contributed by atoms with Crippen LogP contribution in [0.25, 0.3) is 0 Å². The van der Waals surface area contributed by atoms with Gasteiger partial charge in [0.05, 0.1) is 22.7 Å². The van der Waals surface area contributed by atoms with E-state index in [9.17, 15) is 14.7 Å². The van der Waals surface area contributed by atoms with Gasteiger partial charge in [-0.2, -0.15) is 0 Å². The second kappa shape index (κ2) is 8.79. The number of hydrogen-bond acceptors (Lipinski definition) is 4. The number of rotatable bonds is 5. The predicted octanol–water partition coefficient (Wildman–Crippen LogP) is 4.44. The van der Waals surface area contributed by atoms with Crippen LogP contribution in [0.3, 0.4) is 0 Å². The molecule has 0 spiro atoms. The minimum absolute atomic E-state index is 0.0390. The van der Waals surface area contributed by atoms with Crippen molar-refractivity contribution in [2.24, 2.45) is 0 Å². The van der Waals surface area contributed by atoms with E-state index in [0.717, 1.165) is 11.1 Å². The van der Waals surface area contributed by atoms with E-state index >= 15 is 0 Å². The quantitative estimate of drug-likeness (QED) is 0.515. The minimum atomic E-state index is -0.722. The lowest BCUT2D eigenvalue weighted by molar-refractivity contribution is -0.113. The number of nitrogens with one attached hydrogen (secondary N) is 3. The highest BCUT2D eigenvalue weighted by atomic mass is 79.9. The van der Waals surface area contributed by atoms with Crippen LogP contribution >= 0.6 is 15.9 Å². The van der Waals surface area contributed by atoms with Crippen LogP contribution < -0.4 is 20.7 Å². The Kier molecular flexibility index (Phi) is 6.36. The zero-order valence-corrected chi connectivity index (χ0v) is 18.8. The standard InChI is InChI=1S/C22H24BrN3O4/c1-5-30-17-10-14(9-15(23)20(17)27)19-18(13(4)24-22(29)26-19)21(28)25-16-7-6-11(2)8-12(16)3/h6-10,19,27H,5H2,1-4H3,(H,25,28)(H2,24,26,29). The van der Waals surface area contributed by atoms with Crippen LogP contribution in [0.4, 0.5) is 10.5 Å². The molecule has 8 heteroatoms. The highest BCUT2D eigenvalue weighted by molar-refractivity contribution is 9.10. The Labute approximate surface area is 183 Å².